The van der Waals surface area contributed by atoms with Crippen LogP contribution in [0.2, 0.25) is 0 Å². The molecule has 0 aliphatic carbocycles. The predicted molar refractivity (Wildman–Crippen MR) is 131 cm³/mol. The van der Waals surface area contributed by atoms with Gasteiger partial charge in [0.2, 0.25) is 0 Å². The fourth-order valence-electron chi connectivity index (χ4n) is 3.14. The predicted octanol–water partition coefficient (Wildman–Crippen LogP) is 5.69. The van der Waals surface area contributed by atoms with E-state index in [4.69, 9.17) is 0 Å². The molecule has 0 saturated heterocycles. The summed E-state index contributed by atoms with van der Waals surface area (Å²) in [4.78, 5) is 11.9. The van der Waals surface area contributed by atoms with Crippen molar-refractivity contribution < 1.29 is 4.79 Å². The Bertz CT molecular complexity index is 1100. The molecule has 4 rings (SSSR count). The number of nitrogens with zero attached hydrogens (tertiary/aromatic N) is 2. The Balaban J connectivity index is 1.25. The van der Waals surface area contributed by atoms with Gasteiger partial charge in [-0.05, 0) is 33.4 Å². The largest absolute Gasteiger partial charge is 0.355 e. The number of carbonyl (C=O) groups excluding carboxylic acids is 1. The number of carbonyl (C=O) groups is 1. The van der Waals surface area contributed by atoms with E-state index in [0.717, 1.165) is 33.4 Å². The molecule has 0 atom stereocenters. The van der Waals surface area contributed by atoms with Crippen molar-refractivity contribution in [1.29, 1.82) is 0 Å². The van der Waals surface area contributed by atoms with Crippen molar-refractivity contribution in [2.45, 2.75) is 0 Å². The number of rotatable bonds is 6. The molecule has 0 aliphatic rings. The molecule has 5 heteroatoms. The molecule has 0 radical (unpaired) electrons. The maximum atomic E-state index is 11.9. The van der Waals surface area contributed by atoms with Crippen molar-refractivity contribution in [3.05, 3.63) is 120 Å². The summed E-state index contributed by atoms with van der Waals surface area (Å²) in [5.74, 6) is 0. The van der Waals surface area contributed by atoms with Crippen LogP contribution in [0.3, 0.4) is 0 Å². The van der Waals surface area contributed by atoms with Gasteiger partial charge >= 0.3 is 6.03 Å². The van der Waals surface area contributed by atoms with Crippen LogP contribution in [-0.4, -0.2) is 18.5 Å². The normalized spacial score (nSPS) is 11.0. The zero-order chi connectivity index (χ0) is 22.0. The molecule has 2 N–H and O–H groups in total. The highest BCUT2D eigenvalue weighted by atomic mass is 16.2. The van der Waals surface area contributed by atoms with Crippen molar-refractivity contribution in [3.63, 3.8) is 0 Å². The van der Waals surface area contributed by atoms with Crippen LogP contribution in [-0.2, 0) is 0 Å². The lowest BCUT2D eigenvalue weighted by molar-refractivity contribution is 0.242. The smallest absolute Gasteiger partial charge is 0.245 e. The molecule has 0 aromatic heterocycles. The summed E-state index contributed by atoms with van der Waals surface area (Å²) in [7, 11) is 0. The Morgan fingerprint density at radius 2 is 0.844 bits per heavy atom. The van der Waals surface area contributed by atoms with Gasteiger partial charge in [0.25, 0.3) is 0 Å². The van der Waals surface area contributed by atoms with Crippen LogP contribution in [0, 0.1) is 0 Å². The lowest BCUT2D eigenvalue weighted by Crippen LogP contribution is -2.28. The molecule has 0 spiro atoms. The van der Waals surface area contributed by atoms with Crippen LogP contribution in [0.5, 0.6) is 0 Å². The Kier molecular flexibility index (Phi) is 6.81. The SMILES string of the molecule is O=C(N/N=C\c1ccc(-c2ccccc2)cc1)N/N=C\c1ccc(-c2ccccc2)cc1. The van der Waals surface area contributed by atoms with E-state index in [9.17, 15) is 4.79 Å². The van der Waals surface area contributed by atoms with E-state index in [-0.39, 0.29) is 0 Å². The summed E-state index contributed by atoms with van der Waals surface area (Å²) in [6.45, 7) is 0. The third-order valence-electron chi connectivity index (χ3n) is 4.80. The van der Waals surface area contributed by atoms with Crippen molar-refractivity contribution in [1.82, 2.24) is 10.9 Å². The highest BCUT2D eigenvalue weighted by Crippen LogP contribution is 2.19. The van der Waals surface area contributed by atoms with Gasteiger partial charge in [-0.3, -0.25) is 0 Å². The molecular formula is C27H22N4O. The molecule has 5 nitrogen and oxygen atoms in total. The molecule has 0 bridgehead atoms. The van der Waals surface area contributed by atoms with Gasteiger partial charge in [-0.1, -0.05) is 109 Å². The summed E-state index contributed by atoms with van der Waals surface area (Å²) >= 11 is 0. The molecule has 0 unspecified atom stereocenters. The first-order valence-electron chi connectivity index (χ1n) is 10.2. The monoisotopic (exact) mass is 418 g/mol. The van der Waals surface area contributed by atoms with Gasteiger partial charge in [-0.15, -0.1) is 0 Å². The van der Waals surface area contributed by atoms with E-state index in [1.165, 1.54) is 0 Å². The van der Waals surface area contributed by atoms with Crippen molar-refractivity contribution in [2.75, 3.05) is 0 Å². The van der Waals surface area contributed by atoms with Crippen molar-refractivity contribution in [3.8, 4) is 22.3 Å². The van der Waals surface area contributed by atoms with Crippen molar-refractivity contribution in [2.24, 2.45) is 10.2 Å². The van der Waals surface area contributed by atoms with Crippen LogP contribution in [0.4, 0.5) is 4.79 Å². The molecule has 2 amide bonds. The minimum absolute atomic E-state index is 0.515. The second-order valence-electron chi connectivity index (χ2n) is 7.05. The summed E-state index contributed by atoms with van der Waals surface area (Å²) < 4.78 is 0. The third-order valence-corrected chi connectivity index (χ3v) is 4.80. The van der Waals surface area contributed by atoms with Crippen molar-refractivity contribution >= 4 is 18.5 Å². The number of nitrogens with one attached hydrogen (secondary N) is 2. The van der Waals surface area contributed by atoms with Crippen LogP contribution in [0.25, 0.3) is 22.3 Å². The fourth-order valence-corrected chi connectivity index (χ4v) is 3.14. The number of benzene rings is 4. The van der Waals surface area contributed by atoms with E-state index >= 15 is 0 Å². The quantitative estimate of drug-likeness (QED) is 0.307. The summed E-state index contributed by atoms with van der Waals surface area (Å²) in [5.41, 5.74) is 11.1. The minimum Gasteiger partial charge on any atom is -0.245 e. The van der Waals surface area contributed by atoms with E-state index < -0.39 is 6.03 Å². The lowest BCUT2D eigenvalue weighted by Gasteiger charge is -2.02. The molecule has 156 valence electrons. The Morgan fingerprint density at radius 1 is 0.500 bits per heavy atom. The standard InChI is InChI=1S/C27H22N4O/c32-27(30-28-19-21-11-15-25(16-12-21)23-7-3-1-4-8-23)31-29-20-22-13-17-26(18-14-22)24-9-5-2-6-10-24/h1-20H,(H2,30,31,32)/b28-19-,29-20-. The third kappa shape index (κ3) is 5.77. The number of urea groups is 1. The van der Waals surface area contributed by atoms with Gasteiger partial charge in [0.1, 0.15) is 0 Å². The minimum atomic E-state index is -0.515. The van der Waals surface area contributed by atoms with E-state index in [1.54, 1.807) is 12.4 Å². The average Bonchev–Trinajstić information content (AvgIpc) is 2.86. The molecule has 32 heavy (non-hydrogen) atoms. The van der Waals surface area contributed by atoms with Gasteiger partial charge < -0.3 is 0 Å². The maximum absolute atomic E-state index is 11.9. The highest BCUT2D eigenvalue weighted by Gasteiger charge is 1.98. The van der Waals surface area contributed by atoms with Gasteiger partial charge in [-0.25, -0.2) is 15.6 Å². The maximum Gasteiger partial charge on any atom is 0.355 e. The number of amides is 2. The van der Waals surface area contributed by atoms with E-state index in [0.29, 0.717) is 0 Å². The van der Waals surface area contributed by atoms with Gasteiger partial charge in [0.05, 0.1) is 12.4 Å². The van der Waals surface area contributed by atoms with Gasteiger partial charge in [0.15, 0.2) is 0 Å². The molecule has 0 saturated carbocycles. The first-order chi connectivity index (χ1) is 15.8. The number of hydrazone groups is 2. The number of hydrogen-bond donors (Lipinski definition) is 2. The van der Waals surface area contributed by atoms with Crippen LogP contribution < -0.4 is 10.9 Å². The second kappa shape index (κ2) is 10.5. The summed E-state index contributed by atoms with van der Waals surface area (Å²) in [6.07, 6.45) is 3.17. The molecule has 4 aromatic rings. The second-order valence-corrected chi connectivity index (χ2v) is 7.05. The lowest BCUT2D eigenvalue weighted by atomic mass is 10.0. The van der Waals surface area contributed by atoms with Crippen LogP contribution in [0.15, 0.2) is 119 Å². The fraction of sp³-hybridized carbons (Fsp3) is 0. The van der Waals surface area contributed by atoms with E-state index in [1.807, 2.05) is 84.9 Å². The van der Waals surface area contributed by atoms with Crippen LogP contribution >= 0.6 is 0 Å². The Labute approximate surface area is 187 Å². The zero-order valence-corrected chi connectivity index (χ0v) is 17.3. The molecule has 0 heterocycles. The first kappa shape index (κ1) is 20.8. The first-order valence-corrected chi connectivity index (χ1v) is 10.2. The topological polar surface area (TPSA) is 65.8 Å². The summed E-state index contributed by atoms with van der Waals surface area (Å²) in [5, 5.41) is 7.91. The molecular weight excluding hydrogens is 396 g/mol. The molecule has 4 aromatic carbocycles. The Morgan fingerprint density at radius 3 is 1.22 bits per heavy atom. The number of hydrogen-bond acceptors (Lipinski definition) is 3. The average molecular weight is 419 g/mol. The zero-order valence-electron chi connectivity index (χ0n) is 17.3. The summed E-state index contributed by atoms with van der Waals surface area (Å²) in [6, 6.07) is 35.6. The molecule has 0 aliphatic heterocycles. The van der Waals surface area contributed by atoms with E-state index in [2.05, 4.69) is 45.3 Å². The van der Waals surface area contributed by atoms with Gasteiger partial charge in [0, 0.05) is 0 Å². The Hall–Kier alpha value is -4.51. The van der Waals surface area contributed by atoms with Gasteiger partial charge in [-0.2, -0.15) is 10.2 Å². The molecule has 0 fully saturated rings. The highest BCUT2D eigenvalue weighted by molar-refractivity contribution is 5.84. The van der Waals surface area contributed by atoms with Crippen LogP contribution in [0.1, 0.15) is 11.1 Å².